The summed E-state index contributed by atoms with van der Waals surface area (Å²) in [5, 5.41) is 20.3. The molecule has 1 aliphatic heterocycles. The number of hydrogen-bond acceptors (Lipinski definition) is 5. The van der Waals surface area contributed by atoms with Crippen LogP contribution in [0.5, 0.6) is 0 Å². The summed E-state index contributed by atoms with van der Waals surface area (Å²) in [5.74, 6) is 0. The topological polar surface area (TPSA) is 73.4 Å². The minimum Gasteiger partial charge on any atom is -0.370 e. The first-order valence-corrected chi connectivity index (χ1v) is 8.82. The molecule has 0 unspecified atom stereocenters. The molecule has 25 heavy (non-hydrogen) atoms. The number of halogens is 1. The molecule has 0 spiro atoms. The van der Waals surface area contributed by atoms with E-state index >= 15 is 0 Å². The zero-order chi connectivity index (χ0) is 17.8. The van der Waals surface area contributed by atoms with Gasteiger partial charge in [0.05, 0.1) is 16.6 Å². The molecule has 1 saturated heterocycles. The molecule has 0 bridgehead atoms. The van der Waals surface area contributed by atoms with E-state index in [1.807, 2.05) is 30.3 Å². The fourth-order valence-electron chi connectivity index (χ4n) is 3.07. The molecule has 2 aromatic carbocycles. The number of rotatable bonds is 3. The number of hydrogen-bond donors (Lipinski definition) is 0. The molecule has 128 valence electrons. The highest BCUT2D eigenvalue weighted by Gasteiger charge is 2.22. The summed E-state index contributed by atoms with van der Waals surface area (Å²) in [6.07, 6.45) is 0.910. The van der Waals surface area contributed by atoms with Crippen LogP contribution in [-0.2, 0) is 0 Å². The van der Waals surface area contributed by atoms with E-state index < -0.39 is 0 Å². The monoisotopic (exact) mass is 400 g/mol. The Morgan fingerprint density at radius 1 is 1.04 bits per heavy atom. The summed E-state index contributed by atoms with van der Waals surface area (Å²) in [6.45, 7) is 3.14. The maximum Gasteiger partial charge on any atom is 0.293 e. The quantitative estimate of drug-likeness (QED) is 0.575. The van der Waals surface area contributed by atoms with Gasteiger partial charge in [0.1, 0.15) is 5.69 Å². The van der Waals surface area contributed by atoms with Crippen molar-refractivity contribution in [1.29, 1.82) is 5.26 Å². The molecule has 0 saturated carbocycles. The van der Waals surface area contributed by atoms with Crippen LogP contribution in [0.25, 0.3) is 0 Å². The van der Waals surface area contributed by atoms with E-state index in [0.717, 1.165) is 31.7 Å². The number of nitro groups is 1. The Labute approximate surface area is 154 Å². The average Bonchev–Trinajstić information content (AvgIpc) is 2.88. The lowest BCUT2D eigenvalue weighted by Gasteiger charge is -2.24. The Morgan fingerprint density at radius 3 is 2.40 bits per heavy atom. The van der Waals surface area contributed by atoms with Gasteiger partial charge in [-0.15, -0.1) is 0 Å². The third-order valence-corrected chi connectivity index (χ3v) is 4.83. The maximum absolute atomic E-state index is 11.4. The molecule has 0 N–H and O–H groups in total. The molecule has 1 aliphatic rings. The third-order valence-electron chi connectivity index (χ3n) is 4.33. The predicted octanol–water partition coefficient (Wildman–Crippen LogP) is 3.95. The summed E-state index contributed by atoms with van der Waals surface area (Å²) < 4.78 is 0.706. The zero-order valence-electron chi connectivity index (χ0n) is 13.6. The van der Waals surface area contributed by atoms with Gasteiger partial charge in [0.2, 0.25) is 0 Å². The molecule has 7 heteroatoms. The van der Waals surface area contributed by atoms with Gasteiger partial charge in [-0.2, -0.15) is 5.26 Å². The van der Waals surface area contributed by atoms with E-state index in [-0.39, 0.29) is 10.6 Å². The molecule has 3 rings (SSSR count). The molecular weight excluding hydrogens is 384 g/mol. The minimum absolute atomic E-state index is 0.126. The Morgan fingerprint density at radius 2 is 1.72 bits per heavy atom. The fourth-order valence-corrected chi connectivity index (χ4v) is 3.42. The second-order valence-corrected chi connectivity index (χ2v) is 6.79. The summed E-state index contributed by atoms with van der Waals surface area (Å²) >= 11 is 3.30. The Balaban J connectivity index is 1.78. The normalized spacial score (nSPS) is 14.7. The smallest absolute Gasteiger partial charge is 0.293 e. The van der Waals surface area contributed by atoms with Gasteiger partial charge in [-0.1, -0.05) is 15.9 Å². The highest BCUT2D eigenvalue weighted by Crippen LogP contribution is 2.32. The number of nitriles is 1. The SMILES string of the molecule is N#Cc1ccc(N2CCCN(c3ccc(Br)cc3[N+](=O)[O-])CC2)cc1. The molecule has 0 atom stereocenters. The number of nitro benzene ring substituents is 1. The predicted molar refractivity (Wildman–Crippen MR) is 101 cm³/mol. The van der Waals surface area contributed by atoms with Crippen molar-refractivity contribution in [3.63, 3.8) is 0 Å². The van der Waals surface area contributed by atoms with Gasteiger partial charge < -0.3 is 9.80 Å². The van der Waals surface area contributed by atoms with Crippen molar-refractivity contribution in [2.45, 2.75) is 6.42 Å². The largest absolute Gasteiger partial charge is 0.370 e. The van der Waals surface area contributed by atoms with Gasteiger partial charge in [-0.25, -0.2) is 0 Å². The lowest BCUT2D eigenvalue weighted by molar-refractivity contribution is -0.384. The van der Waals surface area contributed by atoms with Crippen molar-refractivity contribution in [3.8, 4) is 6.07 Å². The van der Waals surface area contributed by atoms with Gasteiger partial charge in [0.15, 0.2) is 0 Å². The van der Waals surface area contributed by atoms with E-state index in [4.69, 9.17) is 5.26 Å². The Hall–Kier alpha value is -2.59. The van der Waals surface area contributed by atoms with E-state index in [1.54, 1.807) is 12.1 Å². The second kappa shape index (κ2) is 7.53. The van der Waals surface area contributed by atoms with Crippen molar-refractivity contribution in [2.75, 3.05) is 36.0 Å². The van der Waals surface area contributed by atoms with Crippen LogP contribution >= 0.6 is 15.9 Å². The van der Waals surface area contributed by atoms with Crippen LogP contribution in [0.3, 0.4) is 0 Å². The van der Waals surface area contributed by atoms with Crippen molar-refractivity contribution in [3.05, 3.63) is 62.6 Å². The molecule has 0 aromatic heterocycles. The number of nitrogens with zero attached hydrogens (tertiary/aromatic N) is 4. The summed E-state index contributed by atoms with van der Waals surface area (Å²) in [5.41, 5.74) is 2.51. The fraction of sp³-hybridized carbons (Fsp3) is 0.278. The van der Waals surface area contributed by atoms with Crippen molar-refractivity contribution < 1.29 is 4.92 Å². The highest BCUT2D eigenvalue weighted by molar-refractivity contribution is 9.10. The Bertz CT molecular complexity index is 817. The molecule has 0 radical (unpaired) electrons. The standard InChI is InChI=1S/C18H17BrN4O2/c19-15-4-7-17(18(12-15)23(24)25)22-9-1-8-21(10-11-22)16-5-2-14(13-20)3-6-16/h2-7,12H,1,8-11H2. The van der Waals surface area contributed by atoms with Crippen LogP contribution in [-0.4, -0.2) is 31.1 Å². The first kappa shape index (κ1) is 17.2. The molecular formula is C18H17BrN4O2. The van der Waals surface area contributed by atoms with Gasteiger partial charge in [-0.05, 0) is 42.8 Å². The molecule has 6 nitrogen and oxygen atoms in total. The van der Waals surface area contributed by atoms with Crippen molar-refractivity contribution >= 4 is 33.0 Å². The molecule has 0 aliphatic carbocycles. The van der Waals surface area contributed by atoms with Crippen LogP contribution in [0.4, 0.5) is 17.1 Å². The average molecular weight is 401 g/mol. The van der Waals surface area contributed by atoms with E-state index in [2.05, 4.69) is 31.8 Å². The van der Waals surface area contributed by atoms with Crippen LogP contribution in [0.1, 0.15) is 12.0 Å². The van der Waals surface area contributed by atoms with Gasteiger partial charge in [0.25, 0.3) is 5.69 Å². The third kappa shape index (κ3) is 3.91. The van der Waals surface area contributed by atoms with E-state index in [1.165, 1.54) is 0 Å². The highest BCUT2D eigenvalue weighted by atomic mass is 79.9. The second-order valence-electron chi connectivity index (χ2n) is 5.88. The summed E-state index contributed by atoms with van der Waals surface area (Å²) in [7, 11) is 0. The maximum atomic E-state index is 11.4. The summed E-state index contributed by atoms with van der Waals surface area (Å²) in [4.78, 5) is 15.4. The molecule has 1 heterocycles. The minimum atomic E-state index is -0.330. The number of benzene rings is 2. The van der Waals surface area contributed by atoms with E-state index in [0.29, 0.717) is 22.3 Å². The van der Waals surface area contributed by atoms with Gasteiger partial charge in [0, 0.05) is 42.4 Å². The first-order chi connectivity index (χ1) is 12.1. The van der Waals surface area contributed by atoms with E-state index in [9.17, 15) is 10.1 Å². The Kier molecular flexibility index (Phi) is 5.19. The zero-order valence-corrected chi connectivity index (χ0v) is 15.1. The number of anilines is 2. The molecule has 1 fully saturated rings. The van der Waals surface area contributed by atoms with Gasteiger partial charge >= 0.3 is 0 Å². The summed E-state index contributed by atoms with van der Waals surface area (Å²) in [6, 6.07) is 14.9. The molecule has 0 amide bonds. The van der Waals surface area contributed by atoms with Crippen LogP contribution in [0.15, 0.2) is 46.9 Å². The van der Waals surface area contributed by atoms with Crippen LogP contribution < -0.4 is 9.80 Å². The van der Waals surface area contributed by atoms with Crippen molar-refractivity contribution in [2.24, 2.45) is 0 Å². The van der Waals surface area contributed by atoms with Crippen LogP contribution in [0, 0.1) is 21.4 Å². The lowest BCUT2D eigenvalue weighted by atomic mass is 10.2. The first-order valence-electron chi connectivity index (χ1n) is 8.02. The van der Waals surface area contributed by atoms with Gasteiger partial charge in [-0.3, -0.25) is 10.1 Å². The van der Waals surface area contributed by atoms with Crippen molar-refractivity contribution in [1.82, 2.24) is 0 Å². The molecule has 2 aromatic rings. The van der Waals surface area contributed by atoms with Crippen LogP contribution in [0.2, 0.25) is 0 Å². The lowest BCUT2D eigenvalue weighted by Crippen LogP contribution is -2.31.